The van der Waals surface area contributed by atoms with Crippen LogP contribution >= 0.6 is 15.9 Å². The summed E-state index contributed by atoms with van der Waals surface area (Å²) in [5.74, 6) is -0.822. The summed E-state index contributed by atoms with van der Waals surface area (Å²) in [6.07, 6.45) is 3.02. The van der Waals surface area contributed by atoms with Gasteiger partial charge in [-0.25, -0.2) is 4.79 Å². The number of rotatable bonds is 6. The molecule has 5 heteroatoms. The van der Waals surface area contributed by atoms with Crippen molar-refractivity contribution in [1.82, 2.24) is 5.32 Å². The number of nitrogens with one attached hydrogen (secondary N) is 1. The SMILES string of the molecule is CCCNC(=O)[C@@H](C)OC(=O)/C=C/c1ccc(C)cc1Br. The molecule has 21 heavy (non-hydrogen) atoms. The predicted octanol–water partition coefficient (Wildman–Crippen LogP) is 3.23. The summed E-state index contributed by atoms with van der Waals surface area (Å²) in [5, 5.41) is 2.68. The number of halogens is 1. The molecule has 0 aliphatic heterocycles. The fourth-order valence-electron chi connectivity index (χ4n) is 1.58. The van der Waals surface area contributed by atoms with E-state index >= 15 is 0 Å². The van der Waals surface area contributed by atoms with Gasteiger partial charge in [-0.1, -0.05) is 35.0 Å². The number of ether oxygens (including phenoxy) is 1. The lowest BCUT2D eigenvalue weighted by molar-refractivity contribution is -0.150. The predicted molar refractivity (Wildman–Crippen MR) is 86.8 cm³/mol. The van der Waals surface area contributed by atoms with Gasteiger partial charge in [0.25, 0.3) is 5.91 Å². The molecule has 0 aromatic heterocycles. The molecule has 0 aliphatic carbocycles. The van der Waals surface area contributed by atoms with Crippen LogP contribution in [-0.4, -0.2) is 24.5 Å². The molecule has 1 N–H and O–H groups in total. The number of hydrogen-bond acceptors (Lipinski definition) is 3. The van der Waals surface area contributed by atoms with Crippen molar-refractivity contribution in [1.29, 1.82) is 0 Å². The summed E-state index contributed by atoms with van der Waals surface area (Å²) >= 11 is 3.43. The van der Waals surface area contributed by atoms with Gasteiger partial charge in [-0.2, -0.15) is 0 Å². The third-order valence-electron chi connectivity index (χ3n) is 2.77. The first-order chi connectivity index (χ1) is 9.93. The average Bonchev–Trinajstić information content (AvgIpc) is 2.43. The number of amides is 1. The van der Waals surface area contributed by atoms with Crippen LogP contribution in [-0.2, 0) is 14.3 Å². The molecule has 0 bridgehead atoms. The van der Waals surface area contributed by atoms with Crippen molar-refractivity contribution in [2.24, 2.45) is 0 Å². The number of carbonyl (C=O) groups is 2. The third kappa shape index (κ3) is 6.12. The molecule has 1 atom stereocenters. The highest BCUT2D eigenvalue weighted by atomic mass is 79.9. The molecular weight excluding hydrogens is 334 g/mol. The van der Waals surface area contributed by atoms with Gasteiger partial charge in [-0.3, -0.25) is 4.79 Å². The van der Waals surface area contributed by atoms with E-state index in [1.165, 1.54) is 6.08 Å². The highest BCUT2D eigenvalue weighted by Crippen LogP contribution is 2.19. The molecule has 0 heterocycles. The minimum absolute atomic E-state index is 0.282. The highest BCUT2D eigenvalue weighted by molar-refractivity contribution is 9.10. The quantitative estimate of drug-likeness (QED) is 0.630. The van der Waals surface area contributed by atoms with Crippen LogP contribution in [0.15, 0.2) is 28.7 Å². The van der Waals surface area contributed by atoms with E-state index in [2.05, 4.69) is 21.2 Å². The first-order valence-corrected chi connectivity index (χ1v) is 7.66. The second-order valence-corrected chi connectivity index (χ2v) is 5.58. The topological polar surface area (TPSA) is 55.4 Å². The average molecular weight is 354 g/mol. The van der Waals surface area contributed by atoms with Crippen molar-refractivity contribution in [3.05, 3.63) is 39.9 Å². The van der Waals surface area contributed by atoms with Crippen LogP contribution in [0.25, 0.3) is 6.08 Å². The van der Waals surface area contributed by atoms with E-state index in [1.54, 1.807) is 13.0 Å². The van der Waals surface area contributed by atoms with Gasteiger partial charge in [0.1, 0.15) is 0 Å². The summed E-state index contributed by atoms with van der Waals surface area (Å²) in [4.78, 5) is 23.3. The second kappa shape index (κ2) is 8.62. The molecular formula is C16H20BrNO3. The van der Waals surface area contributed by atoms with Gasteiger partial charge in [0.05, 0.1) is 0 Å². The van der Waals surface area contributed by atoms with Crippen molar-refractivity contribution >= 4 is 33.9 Å². The lowest BCUT2D eigenvalue weighted by atomic mass is 10.1. The second-order valence-electron chi connectivity index (χ2n) is 4.73. The molecule has 0 unspecified atom stereocenters. The molecule has 1 aromatic carbocycles. The van der Waals surface area contributed by atoms with Crippen molar-refractivity contribution in [2.45, 2.75) is 33.3 Å². The fourth-order valence-corrected chi connectivity index (χ4v) is 2.21. The normalized spacial score (nSPS) is 12.2. The highest BCUT2D eigenvalue weighted by Gasteiger charge is 2.15. The van der Waals surface area contributed by atoms with Crippen molar-refractivity contribution in [3.8, 4) is 0 Å². The van der Waals surface area contributed by atoms with Gasteiger partial charge < -0.3 is 10.1 Å². The van der Waals surface area contributed by atoms with Gasteiger partial charge in [0.15, 0.2) is 6.10 Å². The minimum Gasteiger partial charge on any atom is -0.449 e. The van der Waals surface area contributed by atoms with Crippen molar-refractivity contribution in [2.75, 3.05) is 6.54 Å². The molecule has 0 radical (unpaired) electrons. The molecule has 0 saturated heterocycles. The lowest BCUT2D eigenvalue weighted by Crippen LogP contribution is -2.35. The maximum absolute atomic E-state index is 11.7. The monoisotopic (exact) mass is 353 g/mol. The Morgan fingerprint density at radius 1 is 1.43 bits per heavy atom. The van der Waals surface area contributed by atoms with Crippen LogP contribution in [0, 0.1) is 6.92 Å². The van der Waals surface area contributed by atoms with E-state index in [0.29, 0.717) is 6.54 Å². The Kier molecular flexibility index (Phi) is 7.15. The Balaban J connectivity index is 2.56. The van der Waals surface area contributed by atoms with Gasteiger partial charge in [-0.15, -0.1) is 0 Å². The molecule has 114 valence electrons. The molecule has 1 amide bonds. The summed E-state index contributed by atoms with van der Waals surface area (Å²) in [6, 6.07) is 5.82. The molecule has 1 rings (SSSR count). The molecule has 0 saturated carbocycles. The van der Waals surface area contributed by atoms with Crippen LogP contribution in [0.5, 0.6) is 0 Å². The molecule has 0 fully saturated rings. The van der Waals surface area contributed by atoms with Crippen LogP contribution in [0.1, 0.15) is 31.4 Å². The summed E-state index contributed by atoms with van der Waals surface area (Å²) in [6.45, 7) is 6.08. The van der Waals surface area contributed by atoms with Crippen LogP contribution in [0.4, 0.5) is 0 Å². The molecule has 0 aliphatic rings. The van der Waals surface area contributed by atoms with Gasteiger partial charge in [0.2, 0.25) is 0 Å². The van der Waals surface area contributed by atoms with E-state index in [9.17, 15) is 9.59 Å². The van der Waals surface area contributed by atoms with E-state index in [-0.39, 0.29) is 5.91 Å². The first-order valence-electron chi connectivity index (χ1n) is 6.86. The fraction of sp³-hybridized carbons (Fsp3) is 0.375. The Morgan fingerprint density at radius 2 is 2.14 bits per heavy atom. The van der Waals surface area contributed by atoms with Crippen LogP contribution in [0.3, 0.4) is 0 Å². The summed E-state index contributed by atoms with van der Waals surface area (Å²) in [5.41, 5.74) is 2.00. The lowest BCUT2D eigenvalue weighted by Gasteiger charge is -2.11. The smallest absolute Gasteiger partial charge is 0.331 e. The number of benzene rings is 1. The van der Waals surface area contributed by atoms with Crippen molar-refractivity contribution < 1.29 is 14.3 Å². The third-order valence-corrected chi connectivity index (χ3v) is 3.45. The minimum atomic E-state index is -0.796. The Morgan fingerprint density at radius 3 is 2.76 bits per heavy atom. The van der Waals surface area contributed by atoms with Crippen LogP contribution in [0.2, 0.25) is 0 Å². The van der Waals surface area contributed by atoms with Gasteiger partial charge >= 0.3 is 5.97 Å². The number of hydrogen-bond donors (Lipinski definition) is 1. The molecule has 4 nitrogen and oxygen atoms in total. The van der Waals surface area contributed by atoms with E-state index in [0.717, 1.165) is 22.0 Å². The van der Waals surface area contributed by atoms with Crippen molar-refractivity contribution in [3.63, 3.8) is 0 Å². The van der Waals surface area contributed by atoms with Crippen LogP contribution < -0.4 is 5.32 Å². The number of aryl methyl sites for hydroxylation is 1. The number of esters is 1. The maximum atomic E-state index is 11.7. The first kappa shape index (κ1) is 17.4. The number of carbonyl (C=O) groups excluding carboxylic acids is 2. The van der Waals surface area contributed by atoms with Gasteiger partial charge in [0, 0.05) is 17.1 Å². The Bertz CT molecular complexity index is 540. The van der Waals surface area contributed by atoms with E-state index < -0.39 is 12.1 Å². The van der Waals surface area contributed by atoms with E-state index in [4.69, 9.17) is 4.74 Å². The summed E-state index contributed by atoms with van der Waals surface area (Å²) < 4.78 is 5.94. The summed E-state index contributed by atoms with van der Waals surface area (Å²) in [7, 11) is 0. The standard InChI is InChI=1S/C16H20BrNO3/c1-4-9-18-16(20)12(3)21-15(19)8-7-13-6-5-11(2)10-14(13)17/h5-8,10,12H,4,9H2,1-3H3,(H,18,20)/b8-7+/t12-/m1/s1. The largest absolute Gasteiger partial charge is 0.449 e. The maximum Gasteiger partial charge on any atom is 0.331 e. The Hall–Kier alpha value is -1.62. The zero-order chi connectivity index (χ0) is 15.8. The molecule has 1 aromatic rings. The van der Waals surface area contributed by atoms with Gasteiger partial charge in [-0.05, 0) is 43.5 Å². The Labute approximate surface area is 133 Å². The van der Waals surface area contributed by atoms with E-state index in [1.807, 2.05) is 32.0 Å². The molecule has 0 spiro atoms. The zero-order valence-corrected chi connectivity index (χ0v) is 14.1. The zero-order valence-electron chi connectivity index (χ0n) is 12.5.